The summed E-state index contributed by atoms with van der Waals surface area (Å²) >= 11 is 7.75. The van der Waals surface area contributed by atoms with E-state index in [1.165, 1.54) is 11.3 Å². The minimum absolute atomic E-state index is 0.0869. The lowest BCUT2D eigenvalue weighted by molar-refractivity contribution is -0.116. The number of thiazole rings is 1. The van der Waals surface area contributed by atoms with Gasteiger partial charge in [-0.25, -0.2) is 4.98 Å². The van der Waals surface area contributed by atoms with Gasteiger partial charge in [-0.3, -0.25) is 4.79 Å². The minimum Gasteiger partial charge on any atom is -0.489 e. The molecule has 0 bridgehead atoms. The van der Waals surface area contributed by atoms with Crippen molar-refractivity contribution in [2.24, 2.45) is 0 Å². The molecule has 0 spiro atoms. The number of ether oxygens (including phenoxy) is 1. The standard InChI is InChI=1S/C24H20ClN3O2S/c25-17-10-11-21-20(12-17)28(14-16-6-2-1-3-7-16)18(15-30-21)13-23(29)27-24-26-19-8-4-5-9-22(19)31-24/h1-12,18H,13-15H2,(H,26,27,29)/t18-/m1/s1. The van der Waals surface area contributed by atoms with Crippen molar-refractivity contribution in [1.29, 1.82) is 0 Å². The van der Waals surface area contributed by atoms with E-state index in [2.05, 4.69) is 27.3 Å². The van der Waals surface area contributed by atoms with Crippen molar-refractivity contribution in [1.82, 2.24) is 4.98 Å². The minimum atomic E-state index is -0.124. The summed E-state index contributed by atoms with van der Waals surface area (Å²) in [6, 6.07) is 23.5. The van der Waals surface area contributed by atoms with E-state index in [4.69, 9.17) is 16.3 Å². The van der Waals surface area contributed by atoms with Crippen LogP contribution >= 0.6 is 22.9 Å². The van der Waals surface area contributed by atoms with Crippen LogP contribution < -0.4 is 15.0 Å². The molecule has 2 heterocycles. The molecule has 1 aromatic heterocycles. The normalized spacial score (nSPS) is 15.4. The summed E-state index contributed by atoms with van der Waals surface area (Å²) in [7, 11) is 0. The van der Waals surface area contributed by atoms with Crippen LogP contribution in [0.3, 0.4) is 0 Å². The summed E-state index contributed by atoms with van der Waals surface area (Å²) in [5.41, 5.74) is 2.95. The van der Waals surface area contributed by atoms with Gasteiger partial charge in [-0.1, -0.05) is 65.4 Å². The highest BCUT2D eigenvalue weighted by molar-refractivity contribution is 7.22. The number of carbonyl (C=O) groups excluding carboxylic acids is 1. The predicted octanol–water partition coefficient (Wildman–Crippen LogP) is 5.75. The predicted molar refractivity (Wildman–Crippen MR) is 126 cm³/mol. The average molecular weight is 450 g/mol. The fraction of sp³-hybridized carbons (Fsp3) is 0.167. The Bertz CT molecular complexity index is 1190. The number of anilines is 2. The van der Waals surface area contributed by atoms with Gasteiger partial charge in [-0.2, -0.15) is 0 Å². The number of carbonyl (C=O) groups is 1. The third kappa shape index (κ3) is 4.36. The summed E-state index contributed by atoms with van der Waals surface area (Å²) in [5.74, 6) is 0.694. The Labute approximate surface area is 189 Å². The number of nitrogens with one attached hydrogen (secondary N) is 1. The van der Waals surface area contributed by atoms with Gasteiger partial charge in [0.25, 0.3) is 0 Å². The van der Waals surface area contributed by atoms with Crippen LogP contribution in [0.1, 0.15) is 12.0 Å². The van der Waals surface area contributed by atoms with Crippen LogP contribution in [0.15, 0.2) is 72.8 Å². The van der Waals surface area contributed by atoms with Gasteiger partial charge in [0.2, 0.25) is 5.91 Å². The summed E-state index contributed by atoms with van der Waals surface area (Å²) in [5, 5.41) is 4.21. The second-order valence-corrected chi connectivity index (χ2v) is 8.90. The molecule has 1 N–H and O–H groups in total. The first-order valence-electron chi connectivity index (χ1n) is 10.0. The number of para-hydroxylation sites is 1. The van der Waals surface area contributed by atoms with E-state index in [1.54, 1.807) is 0 Å². The summed E-state index contributed by atoms with van der Waals surface area (Å²) in [4.78, 5) is 19.6. The maximum Gasteiger partial charge on any atom is 0.228 e. The molecule has 1 amide bonds. The third-order valence-electron chi connectivity index (χ3n) is 5.26. The topological polar surface area (TPSA) is 54.5 Å². The van der Waals surface area contributed by atoms with Crippen molar-refractivity contribution in [3.63, 3.8) is 0 Å². The molecule has 0 unspecified atom stereocenters. The van der Waals surface area contributed by atoms with Crippen LogP contribution in [-0.2, 0) is 11.3 Å². The second kappa shape index (κ2) is 8.57. The number of hydrogen-bond acceptors (Lipinski definition) is 5. The summed E-state index contributed by atoms with van der Waals surface area (Å²) < 4.78 is 7.01. The largest absolute Gasteiger partial charge is 0.489 e. The molecule has 4 aromatic rings. The number of aromatic nitrogens is 1. The maximum absolute atomic E-state index is 12.9. The zero-order valence-corrected chi connectivity index (χ0v) is 18.2. The fourth-order valence-electron chi connectivity index (χ4n) is 3.78. The van der Waals surface area contributed by atoms with Crippen LogP contribution in [0.25, 0.3) is 10.2 Å². The molecule has 7 heteroatoms. The molecular formula is C24H20ClN3O2S. The van der Waals surface area contributed by atoms with E-state index in [1.807, 2.05) is 60.7 Å². The van der Waals surface area contributed by atoms with Gasteiger partial charge < -0.3 is 15.0 Å². The van der Waals surface area contributed by atoms with Crippen LogP contribution in [0.2, 0.25) is 5.02 Å². The fourth-order valence-corrected chi connectivity index (χ4v) is 4.83. The molecule has 31 heavy (non-hydrogen) atoms. The van der Waals surface area contributed by atoms with Crippen molar-refractivity contribution >= 4 is 49.9 Å². The van der Waals surface area contributed by atoms with Crippen LogP contribution in [0, 0.1) is 0 Å². The number of fused-ring (bicyclic) bond motifs is 2. The van der Waals surface area contributed by atoms with Crippen LogP contribution in [0.4, 0.5) is 10.8 Å². The quantitative estimate of drug-likeness (QED) is 0.421. The van der Waals surface area contributed by atoms with Gasteiger partial charge in [0.1, 0.15) is 12.4 Å². The Morgan fingerprint density at radius 2 is 1.94 bits per heavy atom. The zero-order chi connectivity index (χ0) is 21.2. The molecular weight excluding hydrogens is 430 g/mol. The lowest BCUT2D eigenvalue weighted by Crippen LogP contribution is -2.44. The molecule has 0 fully saturated rings. The van der Waals surface area contributed by atoms with E-state index in [0.717, 1.165) is 27.2 Å². The maximum atomic E-state index is 12.9. The number of amides is 1. The Hall–Kier alpha value is -3.09. The highest BCUT2D eigenvalue weighted by atomic mass is 35.5. The van der Waals surface area contributed by atoms with Crippen molar-refractivity contribution in [2.45, 2.75) is 19.0 Å². The van der Waals surface area contributed by atoms with E-state index in [9.17, 15) is 4.79 Å². The van der Waals surface area contributed by atoms with Gasteiger partial charge in [0, 0.05) is 11.6 Å². The van der Waals surface area contributed by atoms with E-state index in [0.29, 0.717) is 23.3 Å². The molecule has 0 radical (unpaired) electrons. The van der Waals surface area contributed by atoms with Crippen molar-refractivity contribution in [3.8, 4) is 5.75 Å². The lowest BCUT2D eigenvalue weighted by Gasteiger charge is -2.38. The molecule has 5 nitrogen and oxygen atoms in total. The first-order valence-corrected chi connectivity index (χ1v) is 11.2. The third-order valence-corrected chi connectivity index (χ3v) is 6.45. The molecule has 0 saturated carbocycles. The number of hydrogen-bond donors (Lipinski definition) is 1. The number of benzene rings is 3. The van der Waals surface area contributed by atoms with Gasteiger partial charge >= 0.3 is 0 Å². The van der Waals surface area contributed by atoms with Crippen molar-refractivity contribution < 1.29 is 9.53 Å². The van der Waals surface area contributed by atoms with E-state index >= 15 is 0 Å². The van der Waals surface area contributed by atoms with Gasteiger partial charge in [-0.15, -0.1) is 0 Å². The van der Waals surface area contributed by atoms with Crippen LogP contribution in [-0.4, -0.2) is 23.5 Å². The van der Waals surface area contributed by atoms with Gasteiger partial charge in [-0.05, 0) is 35.9 Å². The Morgan fingerprint density at radius 1 is 1.13 bits per heavy atom. The highest BCUT2D eigenvalue weighted by Gasteiger charge is 2.30. The molecule has 3 aromatic carbocycles. The highest BCUT2D eigenvalue weighted by Crippen LogP contribution is 2.38. The molecule has 1 aliphatic heterocycles. The van der Waals surface area contributed by atoms with Gasteiger partial charge in [0.05, 0.1) is 28.4 Å². The van der Waals surface area contributed by atoms with Crippen LogP contribution in [0.5, 0.6) is 5.75 Å². The smallest absolute Gasteiger partial charge is 0.228 e. The zero-order valence-electron chi connectivity index (χ0n) is 16.6. The van der Waals surface area contributed by atoms with Crippen molar-refractivity contribution in [3.05, 3.63) is 83.4 Å². The first kappa shape index (κ1) is 19.8. The molecule has 0 saturated heterocycles. The van der Waals surface area contributed by atoms with E-state index in [-0.39, 0.29) is 18.4 Å². The van der Waals surface area contributed by atoms with Crippen molar-refractivity contribution in [2.75, 3.05) is 16.8 Å². The summed E-state index contributed by atoms with van der Waals surface area (Å²) in [6.45, 7) is 1.09. The first-order chi connectivity index (χ1) is 15.2. The average Bonchev–Trinajstić information content (AvgIpc) is 3.18. The SMILES string of the molecule is O=C(C[C@@H]1COc2ccc(Cl)cc2N1Cc1ccccc1)Nc1nc2ccccc2s1. The second-order valence-electron chi connectivity index (χ2n) is 7.43. The Balaban J connectivity index is 1.37. The lowest BCUT2D eigenvalue weighted by atomic mass is 10.1. The number of halogens is 1. The molecule has 1 atom stereocenters. The Kier molecular flexibility index (Phi) is 5.49. The van der Waals surface area contributed by atoms with Gasteiger partial charge in [0.15, 0.2) is 5.13 Å². The number of rotatable bonds is 5. The molecule has 5 rings (SSSR count). The Morgan fingerprint density at radius 3 is 2.77 bits per heavy atom. The molecule has 0 aliphatic carbocycles. The monoisotopic (exact) mass is 449 g/mol. The number of nitrogens with zero attached hydrogens (tertiary/aromatic N) is 2. The van der Waals surface area contributed by atoms with E-state index < -0.39 is 0 Å². The summed E-state index contributed by atoms with van der Waals surface area (Å²) in [6.07, 6.45) is 0.286. The molecule has 1 aliphatic rings. The molecule has 156 valence electrons.